The number of amides is 3. The summed E-state index contributed by atoms with van der Waals surface area (Å²) in [4.78, 5) is 36.7. The Morgan fingerprint density at radius 2 is 1.73 bits per heavy atom. The molecule has 2 aromatic carbocycles. The molecule has 30 heavy (non-hydrogen) atoms. The summed E-state index contributed by atoms with van der Waals surface area (Å²) in [6, 6.07) is 15.7. The van der Waals surface area contributed by atoms with Crippen LogP contribution >= 0.6 is 0 Å². The Hall–Kier alpha value is -3.65. The molecule has 1 atom stereocenters. The van der Waals surface area contributed by atoms with Gasteiger partial charge in [-0.2, -0.15) is 0 Å². The maximum Gasteiger partial charge on any atom is 0.375 e. The predicted octanol–water partition coefficient (Wildman–Crippen LogP) is 3.15. The summed E-state index contributed by atoms with van der Waals surface area (Å²) in [5, 5.41) is 5.44. The number of imide groups is 1. The second-order valence-corrected chi connectivity index (χ2v) is 6.54. The van der Waals surface area contributed by atoms with E-state index in [4.69, 9.17) is 13.9 Å². The maximum atomic E-state index is 12.6. The Balaban J connectivity index is 1.59. The maximum absolute atomic E-state index is 12.6. The number of hydrogen-bond acceptors (Lipinski definition) is 6. The van der Waals surface area contributed by atoms with Crippen LogP contribution in [0.4, 0.5) is 4.79 Å². The van der Waals surface area contributed by atoms with Crippen LogP contribution in [0.3, 0.4) is 0 Å². The van der Waals surface area contributed by atoms with Gasteiger partial charge in [0, 0.05) is 24.6 Å². The smallest absolute Gasteiger partial charge is 0.375 e. The summed E-state index contributed by atoms with van der Waals surface area (Å²) < 4.78 is 15.9. The molecule has 156 valence electrons. The van der Waals surface area contributed by atoms with Crippen LogP contribution in [-0.2, 0) is 27.4 Å². The Labute approximate surface area is 173 Å². The zero-order valence-electron chi connectivity index (χ0n) is 16.6. The molecular weight excluding hydrogens is 388 g/mol. The first-order valence-electron chi connectivity index (χ1n) is 9.32. The van der Waals surface area contributed by atoms with E-state index in [2.05, 4.69) is 10.6 Å². The number of fused-ring (bicyclic) bond motifs is 1. The molecule has 3 amide bonds. The van der Waals surface area contributed by atoms with E-state index in [1.54, 1.807) is 18.2 Å². The number of esters is 1. The summed E-state index contributed by atoms with van der Waals surface area (Å²) >= 11 is 0. The fourth-order valence-corrected chi connectivity index (χ4v) is 2.85. The second-order valence-electron chi connectivity index (χ2n) is 6.54. The van der Waals surface area contributed by atoms with Crippen molar-refractivity contribution in [3.63, 3.8) is 0 Å². The van der Waals surface area contributed by atoms with Gasteiger partial charge in [0.2, 0.25) is 5.76 Å². The van der Waals surface area contributed by atoms with Gasteiger partial charge in [-0.05, 0) is 18.6 Å². The van der Waals surface area contributed by atoms with Crippen LogP contribution < -0.4 is 10.6 Å². The van der Waals surface area contributed by atoms with Gasteiger partial charge in [-0.1, -0.05) is 48.5 Å². The molecule has 8 nitrogen and oxygen atoms in total. The molecule has 0 saturated carbocycles. The van der Waals surface area contributed by atoms with Crippen molar-refractivity contribution < 1.29 is 28.3 Å². The van der Waals surface area contributed by atoms with E-state index >= 15 is 0 Å². The zero-order valence-corrected chi connectivity index (χ0v) is 16.6. The van der Waals surface area contributed by atoms with Crippen LogP contribution in [0.1, 0.15) is 28.6 Å². The molecule has 0 saturated heterocycles. The monoisotopic (exact) mass is 410 g/mol. The van der Waals surface area contributed by atoms with Crippen molar-refractivity contribution in [3.8, 4) is 0 Å². The summed E-state index contributed by atoms with van der Waals surface area (Å²) in [5.41, 5.74) is 1.93. The standard InChI is InChI=1S/C22H22N2O6/c1-14(20(25)24-22(27)23-12-15-8-4-3-5-9-15)29-21(26)19-17(13-28-2)16-10-6-7-11-18(16)30-19/h3-11,14H,12-13H2,1-2H3,(H2,23,24,25,27)/t14-/m1/s1. The molecule has 1 aromatic heterocycles. The highest BCUT2D eigenvalue weighted by atomic mass is 16.6. The van der Waals surface area contributed by atoms with Crippen LogP contribution in [0.25, 0.3) is 11.0 Å². The first-order chi connectivity index (χ1) is 14.5. The molecule has 3 aromatic rings. The largest absolute Gasteiger partial charge is 0.449 e. The number of carbonyl (C=O) groups is 3. The fraction of sp³-hybridized carbons (Fsp3) is 0.227. The van der Waals surface area contributed by atoms with Crippen molar-refractivity contribution in [2.75, 3.05) is 7.11 Å². The number of para-hydroxylation sites is 1. The van der Waals surface area contributed by atoms with Gasteiger partial charge in [0.1, 0.15) is 5.58 Å². The fourth-order valence-electron chi connectivity index (χ4n) is 2.85. The number of rotatable bonds is 7. The van der Waals surface area contributed by atoms with Gasteiger partial charge in [-0.25, -0.2) is 9.59 Å². The number of carbonyl (C=O) groups excluding carboxylic acids is 3. The van der Waals surface area contributed by atoms with Crippen molar-refractivity contribution in [3.05, 3.63) is 71.5 Å². The SMILES string of the molecule is COCc1c(C(=O)O[C@H](C)C(=O)NC(=O)NCc2ccccc2)oc2ccccc12. The minimum Gasteiger partial charge on any atom is -0.449 e. The van der Waals surface area contributed by atoms with E-state index in [1.807, 2.05) is 36.4 Å². The van der Waals surface area contributed by atoms with Crippen LogP contribution in [0.2, 0.25) is 0 Å². The van der Waals surface area contributed by atoms with Gasteiger partial charge in [0.15, 0.2) is 6.10 Å². The van der Waals surface area contributed by atoms with Gasteiger partial charge < -0.3 is 19.2 Å². The van der Waals surface area contributed by atoms with Crippen molar-refractivity contribution in [2.45, 2.75) is 26.2 Å². The molecule has 0 fully saturated rings. The average Bonchev–Trinajstić information content (AvgIpc) is 3.12. The zero-order chi connectivity index (χ0) is 21.5. The number of nitrogens with one attached hydrogen (secondary N) is 2. The molecule has 0 radical (unpaired) electrons. The summed E-state index contributed by atoms with van der Waals surface area (Å²) in [6.07, 6.45) is -1.21. The van der Waals surface area contributed by atoms with Crippen LogP contribution in [0, 0.1) is 0 Å². The number of urea groups is 1. The number of methoxy groups -OCH3 is 1. The number of ether oxygens (including phenoxy) is 2. The lowest BCUT2D eigenvalue weighted by Gasteiger charge is -2.13. The van der Waals surface area contributed by atoms with E-state index in [-0.39, 0.29) is 18.9 Å². The minimum absolute atomic E-state index is 0.0359. The van der Waals surface area contributed by atoms with E-state index in [1.165, 1.54) is 14.0 Å². The lowest BCUT2D eigenvalue weighted by molar-refractivity contribution is -0.128. The molecular formula is C22H22N2O6. The highest BCUT2D eigenvalue weighted by Crippen LogP contribution is 2.27. The Morgan fingerprint density at radius 3 is 2.47 bits per heavy atom. The predicted molar refractivity (Wildman–Crippen MR) is 109 cm³/mol. The van der Waals surface area contributed by atoms with Gasteiger partial charge in [-0.15, -0.1) is 0 Å². The summed E-state index contributed by atoms with van der Waals surface area (Å²) in [5.74, 6) is -1.60. The van der Waals surface area contributed by atoms with Crippen LogP contribution in [0.5, 0.6) is 0 Å². The number of furan rings is 1. The molecule has 0 bridgehead atoms. The number of benzene rings is 2. The van der Waals surface area contributed by atoms with Crippen molar-refractivity contribution in [1.82, 2.24) is 10.6 Å². The summed E-state index contributed by atoms with van der Waals surface area (Å²) in [7, 11) is 1.50. The van der Waals surface area contributed by atoms with E-state index in [0.29, 0.717) is 11.1 Å². The third-order valence-corrected chi connectivity index (χ3v) is 4.36. The molecule has 2 N–H and O–H groups in total. The lowest BCUT2D eigenvalue weighted by atomic mass is 10.1. The Morgan fingerprint density at radius 1 is 1.03 bits per heavy atom. The molecule has 0 aliphatic heterocycles. The number of hydrogen-bond donors (Lipinski definition) is 2. The first-order valence-corrected chi connectivity index (χ1v) is 9.32. The molecule has 0 unspecified atom stereocenters. The van der Waals surface area contributed by atoms with Crippen LogP contribution in [-0.4, -0.2) is 31.1 Å². The van der Waals surface area contributed by atoms with Gasteiger partial charge >= 0.3 is 12.0 Å². The minimum atomic E-state index is -1.21. The van der Waals surface area contributed by atoms with Gasteiger partial charge in [0.25, 0.3) is 5.91 Å². The van der Waals surface area contributed by atoms with Crippen LogP contribution in [0.15, 0.2) is 59.0 Å². The topological polar surface area (TPSA) is 107 Å². The van der Waals surface area contributed by atoms with Gasteiger partial charge in [-0.3, -0.25) is 10.1 Å². The van der Waals surface area contributed by atoms with E-state index in [9.17, 15) is 14.4 Å². The van der Waals surface area contributed by atoms with Crippen molar-refractivity contribution in [2.24, 2.45) is 0 Å². The van der Waals surface area contributed by atoms with Crippen molar-refractivity contribution in [1.29, 1.82) is 0 Å². The molecule has 3 rings (SSSR count). The molecule has 1 heterocycles. The quantitative estimate of drug-likeness (QED) is 0.580. The average molecular weight is 410 g/mol. The van der Waals surface area contributed by atoms with Crippen molar-refractivity contribution >= 4 is 28.9 Å². The second kappa shape index (κ2) is 9.71. The molecule has 0 spiro atoms. The third kappa shape index (κ3) is 5.03. The highest BCUT2D eigenvalue weighted by molar-refractivity contribution is 6.00. The highest BCUT2D eigenvalue weighted by Gasteiger charge is 2.26. The molecule has 0 aliphatic rings. The normalized spacial score (nSPS) is 11.7. The summed E-state index contributed by atoms with van der Waals surface area (Å²) in [6.45, 7) is 1.77. The molecule has 0 aliphatic carbocycles. The van der Waals surface area contributed by atoms with Gasteiger partial charge in [0.05, 0.1) is 6.61 Å². The Bertz CT molecular complexity index is 1040. The third-order valence-electron chi connectivity index (χ3n) is 4.36. The Kier molecular flexibility index (Phi) is 6.82. The van der Waals surface area contributed by atoms with E-state index < -0.39 is 24.0 Å². The van der Waals surface area contributed by atoms with E-state index in [0.717, 1.165) is 10.9 Å². The molecule has 8 heteroatoms. The lowest BCUT2D eigenvalue weighted by Crippen LogP contribution is -2.44. The first kappa shape index (κ1) is 21.1.